The lowest BCUT2D eigenvalue weighted by Crippen LogP contribution is -2.45. The van der Waals surface area contributed by atoms with E-state index in [1.54, 1.807) is 0 Å². The lowest BCUT2D eigenvalue weighted by atomic mass is 10.1. The average Bonchev–Trinajstić information content (AvgIpc) is 2.70. The monoisotopic (exact) mass is 383 g/mol. The van der Waals surface area contributed by atoms with Gasteiger partial charge in [0.05, 0.1) is 16.7 Å². The maximum absolute atomic E-state index is 8.89. The van der Waals surface area contributed by atoms with Crippen molar-refractivity contribution >= 4 is 11.6 Å². The molecule has 0 bridgehead atoms. The Morgan fingerprint density at radius 2 is 1.52 bits per heavy atom. The third-order valence-corrected chi connectivity index (χ3v) is 5.30. The van der Waals surface area contributed by atoms with Crippen LogP contribution in [0, 0.1) is 11.3 Å². The summed E-state index contributed by atoms with van der Waals surface area (Å²) in [6, 6.07) is 14.1. The molecule has 0 radical (unpaired) electrons. The first-order chi connectivity index (χ1) is 13.2. The van der Waals surface area contributed by atoms with Crippen molar-refractivity contribution in [1.82, 2.24) is 9.80 Å². The van der Waals surface area contributed by atoms with Crippen molar-refractivity contribution in [2.24, 2.45) is 0 Å². The number of hydrogen-bond donors (Lipinski definition) is 0. The van der Waals surface area contributed by atoms with E-state index in [1.807, 2.05) is 36.4 Å². The van der Waals surface area contributed by atoms with Crippen LogP contribution in [-0.2, 0) is 13.1 Å². The van der Waals surface area contributed by atoms with Gasteiger partial charge in [0.25, 0.3) is 0 Å². The SMILES string of the molecule is N#Cc1ccc(CN2CCN(Cc3cc(Cl)c4c(c3)OCCO4)CC2)cc1. The van der Waals surface area contributed by atoms with E-state index in [0.29, 0.717) is 29.5 Å². The molecule has 0 atom stereocenters. The minimum atomic E-state index is 0.549. The van der Waals surface area contributed by atoms with E-state index in [0.717, 1.165) is 50.6 Å². The van der Waals surface area contributed by atoms with E-state index in [9.17, 15) is 0 Å². The molecule has 0 unspecified atom stereocenters. The smallest absolute Gasteiger partial charge is 0.179 e. The van der Waals surface area contributed by atoms with Crippen LogP contribution in [0.25, 0.3) is 0 Å². The van der Waals surface area contributed by atoms with E-state index in [4.69, 9.17) is 26.3 Å². The fourth-order valence-corrected chi connectivity index (χ4v) is 3.85. The topological polar surface area (TPSA) is 48.7 Å². The van der Waals surface area contributed by atoms with Crippen molar-refractivity contribution < 1.29 is 9.47 Å². The fourth-order valence-electron chi connectivity index (χ4n) is 3.56. The number of fused-ring (bicyclic) bond motifs is 1. The summed E-state index contributed by atoms with van der Waals surface area (Å²) in [6.07, 6.45) is 0. The molecule has 1 saturated heterocycles. The van der Waals surface area contributed by atoms with E-state index in [1.165, 1.54) is 5.56 Å². The Balaban J connectivity index is 1.32. The molecule has 0 amide bonds. The van der Waals surface area contributed by atoms with Gasteiger partial charge in [-0.3, -0.25) is 9.80 Å². The van der Waals surface area contributed by atoms with E-state index < -0.39 is 0 Å². The first-order valence-electron chi connectivity index (χ1n) is 9.23. The van der Waals surface area contributed by atoms with E-state index in [-0.39, 0.29) is 0 Å². The molecule has 2 aliphatic rings. The molecule has 0 aliphatic carbocycles. The molecule has 2 aliphatic heterocycles. The van der Waals surface area contributed by atoms with Crippen LogP contribution in [0.4, 0.5) is 0 Å². The third-order valence-electron chi connectivity index (χ3n) is 5.02. The largest absolute Gasteiger partial charge is 0.486 e. The van der Waals surface area contributed by atoms with Crippen LogP contribution < -0.4 is 9.47 Å². The second-order valence-corrected chi connectivity index (χ2v) is 7.37. The van der Waals surface area contributed by atoms with Gasteiger partial charge >= 0.3 is 0 Å². The molecule has 140 valence electrons. The van der Waals surface area contributed by atoms with E-state index >= 15 is 0 Å². The van der Waals surface area contributed by atoms with Gasteiger partial charge in [-0.2, -0.15) is 5.26 Å². The van der Waals surface area contributed by atoms with Crippen LogP contribution >= 0.6 is 11.6 Å². The maximum Gasteiger partial charge on any atom is 0.179 e. The molecule has 2 aromatic carbocycles. The molecule has 4 rings (SSSR count). The Morgan fingerprint density at radius 1 is 0.889 bits per heavy atom. The summed E-state index contributed by atoms with van der Waals surface area (Å²) in [7, 11) is 0. The van der Waals surface area contributed by atoms with Gasteiger partial charge in [-0.15, -0.1) is 0 Å². The highest BCUT2D eigenvalue weighted by Crippen LogP contribution is 2.38. The number of rotatable bonds is 4. The van der Waals surface area contributed by atoms with Gasteiger partial charge in [0, 0.05) is 39.3 Å². The molecule has 2 heterocycles. The Labute approximate surface area is 164 Å². The predicted molar refractivity (Wildman–Crippen MR) is 104 cm³/mol. The van der Waals surface area contributed by atoms with Crippen molar-refractivity contribution in [3.8, 4) is 17.6 Å². The molecule has 0 saturated carbocycles. The number of halogens is 1. The van der Waals surface area contributed by atoms with Crippen molar-refractivity contribution in [3.05, 3.63) is 58.1 Å². The zero-order valence-corrected chi connectivity index (χ0v) is 15.9. The molecular formula is C21H22ClN3O2. The van der Waals surface area contributed by atoms with Crippen LogP contribution in [-0.4, -0.2) is 49.2 Å². The van der Waals surface area contributed by atoms with Crippen LogP contribution in [0.3, 0.4) is 0 Å². The van der Waals surface area contributed by atoms with Crippen molar-refractivity contribution in [2.75, 3.05) is 39.4 Å². The van der Waals surface area contributed by atoms with Crippen LogP contribution in [0.2, 0.25) is 5.02 Å². The summed E-state index contributed by atoms with van der Waals surface area (Å²) in [6.45, 7) is 6.99. The van der Waals surface area contributed by atoms with Gasteiger partial charge in [-0.05, 0) is 35.4 Å². The number of benzene rings is 2. The second-order valence-electron chi connectivity index (χ2n) is 6.96. The van der Waals surface area contributed by atoms with Crippen molar-refractivity contribution in [2.45, 2.75) is 13.1 Å². The van der Waals surface area contributed by atoms with Gasteiger partial charge in [-0.25, -0.2) is 0 Å². The minimum Gasteiger partial charge on any atom is -0.486 e. The van der Waals surface area contributed by atoms with Gasteiger partial charge in [0.1, 0.15) is 13.2 Å². The molecule has 0 aromatic heterocycles. The second kappa shape index (κ2) is 8.18. The first-order valence-corrected chi connectivity index (χ1v) is 9.61. The molecule has 1 fully saturated rings. The predicted octanol–water partition coefficient (Wildman–Crippen LogP) is 3.30. The Morgan fingerprint density at radius 3 is 2.19 bits per heavy atom. The quantitative estimate of drug-likeness (QED) is 0.810. The average molecular weight is 384 g/mol. The summed E-state index contributed by atoms with van der Waals surface area (Å²) in [4.78, 5) is 4.89. The molecular weight excluding hydrogens is 362 g/mol. The standard InChI is InChI=1S/C21H22ClN3O2/c22-19-11-18(12-20-21(19)27-10-9-26-20)15-25-7-5-24(6-8-25)14-17-3-1-16(13-23)2-4-17/h1-4,11-12H,5-10,14-15H2. The summed E-state index contributed by atoms with van der Waals surface area (Å²) < 4.78 is 11.3. The van der Waals surface area contributed by atoms with E-state index in [2.05, 4.69) is 15.9 Å². The molecule has 0 N–H and O–H groups in total. The number of piperazine rings is 1. The summed E-state index contributed by atoms with van der Waals surface area (Å²) in [5, 5.41) is 9.52. The van der Waals surface area contributed by atoms with Gasteiger partial charge in [0.2, 0.25) is 0 Å². The Hall–Kier alpha value is -2.26. The maximum atomic E-state index is 8.89. The number of ether oxygens (including phenoxy) is 2. The molecule has 27 heavy (non-hydrogen) atoms. The summed E-state index contributed by atoms with van der Waals surface area (Å²) in [5.41, 5.74) is 3.12. The Kier molecular flexibility index (Phi) is 5.49. The molecule has 0 spiro atoms. The highest BCUT2D eigenvalue weighted by Gasteiger charge is 2.20. The summed E-state index contributed by atoms with van der Waals surface area (Å²) >= 11 is 6.35. The Bertz CT molecular complexity index is 840. The highest BCUT2D eigenvalue weighted by atomic mass is 35.5. The summed E-state index contributed by atoms with van der Waals surface area (Å²) in [5.74, 6) is 1.42. The van der Waals surface area contributed by atoms with Crippen LogP contribution in [0.5, 0.6) is 11.5 Å². The van der Waals surface area contributed by atoms with Crippen LogP contribution in [0.1, 0.15) is 16.7 Å². The molecule has 2 aromatic rings. The fraction of sp³-hybridized carbons (Fsp3) is 0.381. The molecule has 5 nitrogen and oxygen atoms in total. The van der Waals surface area contributed by atoms with Crippen molar-refractivity contribution in [1.29, 1.82) is 5.26 Å². The van der Waals surface area contributed by atoms with Gasteiger partial charge < -0.3 is 9.47 Å². The zero-order valence-electron chi connectivity index (χ0n) is 15.2. The zero-order chi connectivity index (χ0) is 18.6. The third kappa shape index (κ3) is 4.36. The van der Waals surface area contributed by atoms with Gasteiger partial charge in [-0.1, -0.05) is 23.7 Å². The number of nitrogens with zero attached hydrogens (tertiary/aromatic N) is 3. The first kappa shape index (κ1) is 18.1. The number of nitriles is 1. The molecule has 6 heteroatoms. The van der Waals surface area contributed by atoms with Gasteiger partial charge in [0.15, 0.2) is 11.5 Å². The van der Waals surface area contributed by atoms with Crippen molar-refractivity contribution in [3.63, 3.8) is 0 Å². The number of hydrogen-bond acceptors (Lipinski definition) is 5. The lowest BCUT2D eigenvalue weighted by Gasteiger charge is -2.35. The lowest BCUT2D eigenvalue weighted by molar-refractivity contribution is 0.121. The highest BCUT2D eigenvalue weighted by molar-refractivity contribution is 6.32. The van der Waals surface area contributed by atoms with Crippen LogP contribution in [0.15, 0.2) is 36.4 Å². The minimum absolute atomic E-state index is 0.549. The normalized spacial score (nSPS) is 17.5.